The highest BCUT2D eigenvalue weighted by Crippen LogP contribution is 2.33. The lowest BCUT2D eigenvalue weighted by Gasteiger charge is -2.12. The van der Waals surface area contributed by atoms with Crippen molar-refractivity contribution in [2.45, 2.75) is 32.5 Å². The molecule has 1 aromatic carbocycles. The molecule has 0 fully saturated rings. The summed E-state index contributed by atoms with van der Waals surface area (Å²) in [6, 6.07) is 3.00. The van der Waals surface area contributed by atoms with Crippen LogP contribution in [0.25, 0.3) is 0 Å². The first-order valence-corrected chi connectivity index (χ1v) is 6.03. The van der Waals surface area contributed by atoms with E-state index < -0.39 is 17.6 Å². The van der Waals surface area contributed by atoms with E-state index in [0.29, 0.717) is 25.1 Å². The van der Waals surface area contributed by atoms with E-state index in [4.69, 9.17) is 4.74 Å². The Hall–Kier alpha value is -1.30. The van der Waals surface area contributed by atoms with Gasteiger partial charge >= 0.3 is 6.18 Å². The molecule has 0 unspecified atom stereocenters. The third kappa shape index (κ3) is 5.46. The van der Waals surface area contributed by atoms with Crippen molar-refractivity contribution in [1.29, 1.82) is 0 Å². The summed E-state index contributed by atoms with van der Waals surface area (Å²) in [5.41, 5.74) is -1.30. The molecular weight excluding hydrogens is 262 g/mol. The summed E-state index contributed by atoms with van der Waals surface area (Å²) in [6.07, 6.45) is -4.04. The minimum absolute atomic E-state index is 0.0262. The number of benzene rings is 1. The SMILES string of the molecule is CC(C)NCCCOc1ccc(F)c(C(F)(F)F)c1. The van der Waals surface area contributed by atoms with Crippen molar-refractivity contribution in [2.75, 3.05) is 13.2 Å². The molecule has 0 heterocycles. The number of alkyl halides is 3. The summed E-state index contributed by atoms with van der Waals surface area (Å²) >= 11 is 0. The molecule has 0 bridgehead atoms. The third-order valence-corrected chi connectivity index (χ3v) is 2.39. The summed E-state index contributed by atoms with van der Waals surface area (Å²) in [7, 11) is 0. The average Bonchev–Trinajstić information content (AvgIpc) is 2.28. The lowest BCUT2D eigenvalue weighted by Crippen LogP contribution is -2.24. The molecule has 2 nitrogen and oxygen atoms in total. The Balaban J connectivity index is 2.51. The second-order valence-corrected chi connectivity index (χ2v) is 4.45. The predicted molar refractivity (Wildman–Crippen MR) is 64.7 cm³/mol. The molecule has 1 aromatic rings. The Morgan fingerprint density at radius 3 is 2.53 bits per heavy atom. The predicted octanol–water partition coefficient (Wildman–Crippen LogP) is 3.61. The Kier molecular flexibility index (Phi) is 5.60. The van der Waals surface area contributed by atoms with Crippen LogP contribution in [0.2, 0.25) is 0 Å². The van der Waals surface area contributed by atoms with Gasteiger partial charge in [0, 0.05) is 6.04 Å². The van der Waals surface area contributed by atoms with E-state index in [1.165, 1.54) is 6.07 Å². The highest BCUT2D eigenvalue weighted by molar-refractivity contribution is 5.31. The largest absolute Gasteiger partial charge is 0.494 e. The number of hydrogen-bond acceptors (Lipinski definition) is 2. The van der Waals surface area contributed by atoms with Crippen LogP contribution < -0.4 is 10.1 Å². The molecule has 19 heavy (non-hydrogen) atoms. The van der Waals surface area contributed by atoms with Crippen molar-refractivity contribution in [1.82, 2.24) is 5.32 Å². The van der Waals surface area contributed by atoms with Crippen LogP contribution in [0.15, 0.2) is 18.2 Å². The second kappa shape index (κ2) is 6.75. The second-order valence-electron chi connectivity index (χ2n) is 4.45. The summed E-state index contributed by atoms with van der Waals surface area (Å²) < 4.78 is 55.5. The lowest BCUT2D eigenvalue weighted by molar-refractivity contribution is -0.140. The maximum absolute atomic E-state index is 13.0. The highest BCUT2D eigenvalue weighted by Gasteiger charge is 2.34. The summed E-state index contributed by atoms with van der Waals surface area (Å²) in [4.78, 5) is 0. The fourth-order valence-electron chi connectivity index (χ4n) is 1.46. The molecule has 0 aliphatic heterocycles. The van der Waals surface area contributed by atoms with Crippen molar-refractivity contribution in [3.8, 4) is 5.75 Å². The zero-order valence-electron chi connectivity index (χ0n) is 10.9. The van der Waals surface area contributed by atoms with Crippen molar-refractivity contribution in [3.05, 3.63) is 29.6 Å². The molecule has 6 heteroatoms. The molecule has 0 aromatic heterocycles. The molecule has 0 aliphatic carbocycles. The normalized spacial score (nSPS) is 11.9. The van der Waals surface area contributed by atoms with Gasteiger partial charge in [0.2, 0.25) is 0 Å². The van der Waals surface area contributed by atoms with Crippen molar-refractivity contribution < 1.29 is 22.3 Å². The minimum Gasteiger partial charge on any atom is -0.494 e. The number of rotatable bonds is 6. The highest BCUT2D eigenvalue weighted by atomic mass is 19.4. The lowest BCUT2D eigenvalue weighted by atomic mass is 10.2. The molecule has 0 amide bonds. The summed E-state index contributed by atoms with van der Waals surface area (Å²) in [6.45, 7) is 4.99. The van der Waals surface area contributed by atoms with Crippen LogP contribution in [0, 0.1) is 5.82 Å². The molecule has 1 N–H and O–H groups in total. The molecule has 0 radical (unpaired) electrons. The first-order valence-electron chi connectivity index (χ1n) is 6.03. The van der Waals surface area contributed by atoms with Gasteiger partial charge in [-0.3, -0.25) is 0 Å². The van der Waals surface area contributed by atoms with Gasteiger partial charge in [-0.1, -0.05) is 13.8 Å². The van der Waals surface area contributed by atoms with Crippen LogP contribution in [0.3, 0.4) is 0 Å². The number of ether oxygens (including phenoxy) is 1. The molecule has 0 atom stereocenters. The molecule has 0 aliphatic rings. The molecule has 0 spiro atoms. The van der Waals surface area contributed by atoms with E-state index in [0.717, 1.165) is 6.07 Å². The van der Waals surface area contributed by atoms with E-state index in [9.17, 15) is 17.6 Å². The van der Waals surface area contributed by atoms with Crippen LogP contribution in [-0.4, -0.2) is 19.2 Å². The minimum atomic E-state index is -4.71. The third-order valence-electron chi connectivity index (χ3n) is 2.39. The van der Waals surface area contributed by atoms with E-state index in [1.54, 1.807) is 0 Å². The fourth-order valence-corrected chi connectivity index (χ4v) is 1.46. The smallest absolute Gasteiger partial charge is 0.419 e. The van der Waals surface area contributed by atoms with E-state index in [-0.39, 0.29) is 12.4 Å². The van der Waals surface area contributed by atoms with Crippen molar-refractivity contribution in [3.63, 3.8) is 0 Å². The Bertz CT molecular complexity index is 404. The van der Waals surface area contributed by atoms with Gasteiger partial charge in [0.05, 0.1) is 12.2 Å². The van der Waals surface area contributed by atoms with Crippen LogP contribution in [0.1, 0.15) is 25.8 Å². The maximum Gasteiger partial charge on any atom is 0.419 e. The number of halogens is 4. The van der Waals surface area contributed by atoms with Gasteiger partial charge in [0.25, 0.3) is 0 Å². The quantitative estimate of drug-likeness (QED) is 0.634. The van der Waals surface area contributed by atoms with Gasteiger partial charge in [0.15, 0.2) is 0 Å². The Morgan fingerprint density at radius 2 is 1.95 bits per heavy atom. The van der Waals surface area contributed by atoms with E-state index >= 15 is 0 Å². The van der Waals surface area contributed by atoms with Gasteiger partial charge in [-0.15, -0.1) is 0 Å². The van der Waals surface area contributed by atoms with Crippen LogP contribution >= 0.6 is 0 Å². The first-order chi connectivity index (χ1) is 8.80. The van der Waals surface area contributed by atoms with Gasteiger partial charge in [-0.25, -0.2) is 4.39 Å². The Labute approximate surface area is 109 Å². The van der Waals surface area contributed by atoms with E-state index in [1.807, 2.05) is 13.8 Å². The van der Waals surface area contributed by atoms with Crippen LogP contribution in [0.4, 0.5) is 17.6 Å². The molecule has 1 rings (SSSR count). The number of hydrogen-bond donors (Lipinski definition) is 1. The maximum atomic E-state index is 13.0. The van der Waals surface area contributed by atoms with E-state index in [2.05, 4.69) is 5.32 Å². The molecule has 0 saturated heterocycles. The monoisotopic (exact) mass is 279 g/mol. The van der Waals surface area contributed by atoms with Crippen molar-refractivity contribution in [2.24, 2.45) is 0 Å². The first kappa shape index (κ1) is 15.8. The van der Waals surface area contributed by atoms with Crippen LogP contribution in [0.5, 0.6) is 5.75 Å². The average molecular weight is 279 g/mol. The van der Waals surface area contributed by atoms with Gasteiger partial charge in [-0.2, -0.15) is 13.2 Å². The standard InChI is InChI=1S/C13H17F4NO/c1-9(2)18-6-3-7-19-10-4-5-12(14)11(8-10)13(15,16)17/h4-5,8-9,18H,3,6-7H2,1-2H3. The molecule has 0 saturated carbocycles. The topological polar surface area (TPSA) is 21.3 Å². The Morgan fingerprint density at radius 1 is 1.26 bits per heavy atom. The summed E-state index contributed by atoms with van der Waals surface area (Å²) in [5, 5.41) is 3.16. The summed E-state index contributed by atoms with van der Waals surface area (Å²) in [5.74, 6) is -1.26. The zero-order chi connectivity index (χ0) is 14.5. The zero-order valence-corrected chi connectivity index (χ0v) is 10.9. The fraction of sp³-hybridized carbons (Fsp3) is 0.538. The van der Waals surface area contributed by atoms with Gasteiger partial charge < -0.3 is 10.1 Å². The van der Waals surface area contributed by atoms with Crippen LogP contribution in [-0.2, 0) is 6.18 Å². The van der Waals surface area contributed by atoms with Gasteiger partial charge in [0.1, 0.15) is 11.6 Å². The molecular formula is C13H17F4NO. The molecule has 108 valence electrons. The van der Waals surface area contributed by atoms with Gasteiger partial charge in [-0.05, 0) is 31.2 Å². The number of nitrogens with one attached hydrogen (secondary N) is 1. The van der Waals surface area contributed by atoms with Crippen molar-refractivity contribution >= 4 is 0 Å².